The van der Waals surface area contributed by atoms with Gasteiger partial charge in [0.2, 0.25) is 0 Å². The van der Waals surface area contributed by atoms with E-state index < -0.39 is 15.9 Å². The molecule has 158 valence electrons. The Morgan fingerprint density at radius 1 is 1.10 bits per heavy atom. The molecule has 3 aromatic rings. The number of aromatic nitrogens is 1. The van der Waals surface area contributed by atoms with Gasteiger partial charge in [-0.25, -0.2) is 8.42 Å². The number of carbonyl (C=O) groups excluding carboxylic acids is 1. The molecule has 0 bridgehead atoms. The SMILES string of the molecule is CCCCc1ccc(NS(=O)(=O)c2cccc(C(=O)Nc3c(C)noc3C)c2)cc1. The maximum atomic E-state index is 12.8. The van der Waals surface area contributed by atoms with E-state index in [2.05, 4.69) is 22.1 Å². The predicted molar refractivity (Wildman–Crippen MR) is 116 cm³/mol. The number of nitrogens with zero attached hydrogens (tertiary/aromatic N) is 1. The number of anilines is 2. The molecule has 0 spiro atoms. The number of amides is 1. The van der Waals surface area contributed by atoms with Crippen LogP contribution in [0.25, 0.3) is 0 Å². The van der Waals surface area contributed by atoms with Crippen LogP contribution in [0, 0.1) is 13.8 Å². The molecule has 8 heteroatoms. The smallest absolute Gasteiger partial charge is 0.261 e. The summed E-state index contributed by atoms with van der Waals surface area (Å²) in [4.78, 5) is 12.6. The fraction of sp³-hybridized carbons (Fsp3) is 0.273. The Balaban J connectivity index is 1.76. The zero-order valence-corrected chi connectivity index (χ0v) is 18.0. The van der Waals surface area contributed by atoms with Crippen LogP contribution in [-0.2, 0) is 16.4 Å². The van der Waals surface area contributed by atoms with E-state index in [1.165, 1.54) is 18.2 Å². The molecule has 1 heterocycles. The summed E-state index contributed by atoms with van der Waals surface area (Å²) in [6.45, 7) is 5.53. The van der Waals surface area contributed by atoms with Gasteiger partial charge in [0.05, 0.1) is 4.90 Å². The number of hydrogen-bond acceptors (Lipinski definition) is 5. The summed E-state index contributed by atoms with van der Waals surface area (Å²) in [5.41, 5.74) is 2.88. The van der Waals surface area contributed by atoms with Gasteiger partial charge >= 0.3 is 0 Å². The van der Waals surface area contributed by atoms with Crippen LogP contribution in [0.15, 0.2) is 57.9 Å². The van der Waals surface area contributed by atoms with Gasteiger partial charge in [0.15, 0.2) is 5.76 Å². The van der Waals surface area contributed by atoms with E-state index in [0.29, 0.717) is 22.8 Å². The first-order valence-electron chi connectivity index (χ1n) is 9.76. The highest BCUT2D eigenvalue weighted by Gasteiger charge is 2.18. The third-order valence-electron chi connectivity index (χ3n) is 4.70. The molecule has 30 heavy (non-hydrogen) atoms. The van der Waals surface area contributed by atoms with Gasteiger partial charge in [0, 0.05) is 11.3 Å². The minimum absolute atomic E-state index is 0.00368. The molecule has 0 aliphatic carbocycles. The van der Waals surface area contributed by atoms with E-state index in [1.807, 2.05) is 12.1 Å². The lowest BCUT2D eigenvalue weighted by Crippen LogP contribution is -2.16. The molecule has 1 amide bonds. The normalized spacial score (nSPS) is 11.3. The zero-order chi connectivity index (χ0) is 21.7. The van der Waals surface area contributed by atoms with Crippen LogP contribution in [-0.4, -0.2) is 19.5 Å². The monoisotopic (exact) mass is 427 g/mol. The third-order valence-corrected chi connectivity index (χ3v) is 6.08. The molecule has 2 aromatic carbocycles. The average molecular weight is 428 g/mol. The Morgan fingerprint density at radius 3 is 2.47 bits per heavy atom. The number of nitrogens with one attached hydrogen (secondary N) is 2. The molecule has 0 fully saturated rings. The second kappa shape index (κ2) is 9.13. The summed E-state index contributed by atoms with van der Waals surface area (Å²) in [6.07, 6.45) is 3.16. The van der Waals surface area contributed by atoms with Crippen molar-refractivity contribution in [1.82, 2.24) is 5.16 Å². The number of rotatable bonds is 8. The van der Waals surface area contributed by atoms with Gasteiger partial charge < -0.3 is 9.84 Å². The van der Waals surface area contributed by atoms with E-state index in [-0.39, 0.29) is 10.5 Å². The van der Waals surface area contributed by atoms with Crippen molar-refractivity contribution in [2.45, 2.75) is 44.9 Å². The number of carbonyl (C=O) groups is 1. The number of benzene rings is 2. The Kier molecular flexibility index (Phi) is 6.56. The summed E-state index contributed by atoms with van der Waals surface area (Å²) in [7, 11) is -3.84. The number of unbranched alkanes of at least 4 members (excludes halogenated alkanes) is 1. The molecular formula is C22H25N3O4S. The lowest BCUT2D eigenvalue weighted by atomic mass is 10.1. The predicted octanol–water partition coefficient (Wildman–Crippen LogP) is 4.69. The van der Waals surface area contributed by atoms with Gasteiger partial charge in [0.25, 0.3) is 15.9 Å². The van der Waals surface area contributed by atoms with Gasteiger partial charge in [-0.1, -0.05) is 36.7 Å². The van der Waals surface area contributed by atoms with Crippen molar-refractivity contribution in [2.24, 2.45) is 0 Å². The van der Waals surface area contributed by atoms with E-state index in [1.54, 1.807) is 32.0 Å². The fourth-order valence-corrected chi connectivity index (χ4v) is 4.09. The molecule has 0 unspecified atom stereocenters. The molecule has 2 N–H and O–H groups in total. The number of hydrogen-bond donors (Lipinski definition) is 2. The summed E-state index contributed by atoms with van der Waals surface area (Å²) in [5, 5.41) is 6.51. The van der Waals surface area contributed by atoms with Crippen LogP contribution in [0.1, 0.15) is 47.1 Å². The minimum atomic E-state index is -3.84. The molecule has 0 aliphatic heterocycles. The summed E-state index contributed by atoms with van der Waals surface area (Å²) >= 11 is 0. The molecular weight excluding hydrogens is 402 g/mol. The third kappa shape index (κ3) is 5.07. The van der Waals surface area contributed by atoms with Gasteiger partial charge in [-0.2, -0.15) is 0 Å². The van der Waals surface area contributed by atoms with Crippen LogP contribution < -0.4 is 10.0 Å². The summed E-state index contributed by atoms with van der Waals surface area (Å²) < 4.78 is 33.2. The Labute approximate surface area is 176 Å². The standard InChI is InChI=1S/C22H25N3O4S/c1-4-5-7-17-10-12-19(13-11-17)25-30(27,28)20-9-6-8-18(14-20)22(26)23-21-15(2)24-29-16(21)3/h6,8-14,25H,4-5,7H2,1-3H3,(H,23,26). The molecule has 1 aromatic heterocycles. The average Bonchev–Trinajstić information content (AvgIpc) is 3.05. The van der Waals surface area contributed by atoms with Gasteiger partial charge in [-0.05, 0) is 62.6 Å². The van der Waals surface area contributed by atoms with Crippen molar-refractivity contribution in [3.05, 3.63) is 71.1 Å². The van der Waals surface area contributed by atoms with Crippen LogP contribution >= 0.6 is 0 Å². The quantitative estimate of drug-likeness (QED) is 0.543. The number of aryl methyl sites for hydroxylation is 3. The van der Waals surface area contributed by atoms with Crippen molar-refractivity contribution < 1.29 is 17.7 Å². The van der Waals surface area contributed by atoms with Crippen molar-refractivity contribution in [1.29, 1.82) is 0 Å². The van der Waals surface area contributed by atoms with Gasteiger partial charge in [0.1, 0.15) is 11.4 Å². The van der Waals surface area contributed by atoms with Crippen molar-refractivity contribution >= 4 is 27.3 Å². The van der Waals surface area contributed by atoms with E-state index in [0.717, 1.165) is 24.8 Å². The fourth-order valence-electron chi connectivity index (χ4n) is 2.99. The van der Waals surface area contributed by atoms with E-state index in [9.17, 15) is 13.2 Å². The van der Waals surface area contributed by atoms with Crippen LogP contribution in [0.3, 0.4) is 0 Å². The minimum Gasteiger partial charge on any atom is -0.359 e. The van der Waals surface area contributed by atoms with E-state index >= 15 is 0 Å². The van der Waals surface area contributed by atoms with Gasteiger partial charge in [-0.3, -0.25) is 9.52 Å². The first-order valence-corrected chi connectivity index (χ1v) is 11.2. The highest BCUT2D eigenvalue weighted by Crippen LogP contribution is 2.22. The Hall–Kier alpha value is -3.13. The topological polar surface area (TPSA) is 101 Å². The Bertz CT molecular complexity index is 1120. The zero-order valence-electron chi connectivity index (χ0n) is 17.2. The molecule has 7 nitrogen and oxygen atoms in total. The highest BCUT2D eigenvalue weighted by molar-refractivity contribution is 7.92. The largest absolute Gasteiger partial charge is 0.359 e. The second-order valence-electron chi connectivity index (χ2n) is 7.09. The van der Waals surface area contributed by atoms with Crippen molar-refractivity contribution in [2.75, 3.05) is 10.0 Å². The number of sulfonamides is 1. The first-order chi connectivity index (χ1) is 14.3. The molecule has 0 radical (unpaired) electrons. The summed E-state index contributed by atoms with van der Waals surface area (Å²) in [5.74, 6) is 0.0374. The molecule has 0 saturated carbocycles. The van der Waals surface area contributed by atoms with Crippen molar-refractivity contribution in [3.8, 4) is 0 Å². The van der Waals surface area contributed by atoms with Gasteiger partial charge in [-0.15, -0.1) is 0 Å². The van der Waals surface area contributed by atoms with E-state index in [4.69, 9.17) is 4.52 Å². The highest BCUT2D eigenvalue weighted by atomic mass is 32.2. The molecule has 3 rings (SSSR count). The molecule has 0 saturated heterocycles. The van der Waals surface area contributed by atoms with Crippen LogP contribution in [0.5, 0.6) is 0 Å². The lowest BCUT2D eigenvalue weighted by molar-refractivity contribution is 0.102. The first kappa shape index (κ1) is 21.6. The molecule has 0 atom stereocenters. The second-order valence-corrected chi connectivity index (χ2v) is 8.77. The summed E-state index contributed by atoms with van der Waals surface area (Å²) in [6, 6.07) is 13.2. The maximum Gasteiger partial charge on any atom is 0.261 e. The van der Waals surface area contributed by atoms with Crippen molar-refractivity contribution in [3.63, 3.8) is 0 Å². The van der Waals surface area contributed by atoms with Crippen LogP contribution in [0.2, 0.25) is 0 Å². The molecule has 0 aliphatic rings. The Morgan fingerprint density at radius 2 is 1.83 bits per heavy atom. The maximum absolute atomic E-state index is 12.8. The van der Waals surface area contributed by atoms with Crippen LogP contribution in [0.4, 0.5) is 11.4 Å². The lowest BCUT2D eigenvalue weighted by Gasteiger charge is -2.10.